The van der Waals surface area contributed by atoms with Gasteiger partial charge in [0, 0.05) is 11.6 Å². The maximum absolute atomic E-state index is 12.1. The lowest BCUT2D eigenvalue weighted by Gasteiger charge is -2.32. The van der Waals surface area contributed by atoms with Crippen LogP contribution in [0, 0.1) is 0 Å². The average molecular weight is 379 g/mol. The van der Waals surface area contributed by atoms with E-state index >= 15 is 0 Å². The van der Waals surface area contributed by atoms with Gasteiger partial charge in [-0.3, -0.25) is 4.79 Å². The van der Waals surface area contributed by atoms with E-state index in [1.165, 1.54) is 4.90 Å². The molecule has 1 aromatic carbocycles. The van der Waals surface area contributed by atoms with Gasteiger partial charge in [-0.2, -0.15) is 0 Å². The van der Waals surface area contributed by atoms with Crippen LogP contribution in [0.25, 0.3) is 0 Å². The lowest BCUT2D eigenvalue weighted by atomic mass is 10.2. The molecule has 1 N–H and O–H groups in total. The third-order valence-corrected chi connectivity index (χ3v) is 3.83. The number of carbonyl (C=O) groups excluding carboxylic acids is 1. The van der Waals surface area contributed by atoms with Crippen molar-refractivity contribution in [1.82, 2.24) is 4.90 Å². The fourth-order valence-corrected chi connectivity index (χ4v) is 2.72. The average Bonchev–Trinajstić information content (AvgIpc) is 2.46. The maximum Gasteiger partial charge on any atom is 0.328 e. The first-order valence-corrected chi connectivity index (χ1v) is 7.34. The number of rotatable bonds is 4. The van der Waals surface area contributed by atoms with Crippen LogP contribution < -0.4 is 4.74 Å². The van der Waals surface area contributed by atoms with Crippen LogP contribution in [0.1, 0.15) is 0 Å². The molecule has 1 aliphatic heterocycles. The molecular weight excluding hydrogens is 366 g/mol. The Balaban J connectivity index is 1.98. The van der Waals surface area contributed by atoms with Crippen LogP contribution in [0.3, 0.4) is 0 Å². The number of ether oxygens (including phenoxy) is 2. The van der Waals surface area contributed by atoms with E-state index in [0.29, 0.717) is 21.9 Å². The van der Waals surface area contributed by atoms with Gasteiger partial charge in [-0.15, -0.1) is 0 Å². The Kier molecular flexibility index (Phi) is 5.44. The molecule has 6 nitrogen and oxygen atoms in total. The Labute approximate surface area is 134 Å². The van der Waals surface area contributed by atoms with Gasteiger partial charge >= 0.3 is 5.97 Å². The summed E-state index contributed by atoms with van der Waals surface area (Å²) in [7, 11) is 0. The van der Waals surface area contributed by atoms with Crippen molar-refractivity contribution in [1.29, 1.82) is 0 Å². The first-order valence-electron chi connectivity index (χ1n) is 6.17. The predicted molar refractivity (Wildman–Crippen MR) is 78.6 cm³/mol. The van der Waals surface area contributed by atoms with Gasteiger partial charge in [0.25, 0.3) is 5.91 Å². The summed E-state index contributed by atoms with van der Waals surface area (Å²) in [5.41, 5.74) is 0. The van der Waals surface area contributed by atoms with Crippen molar-refractivity contribution >= 4 is 39.4 Å². The van der Waals surface area contributed by atoms with Crippen LogP contribution in [0.4, 0.5) is 0 Å². The first kappa shape index (κ1) is 16.1. The van der Waals surface area contributed by atoms with Gasteiger partial charge in [0.2, 0.25) is 0 Å². The van der Waals surface area contributed by atoms with Crippen LogP contribution >= 0.6 is 27.5 Å². The zero-order valence-corrected chi connectivity index (χ0v) is 13.3. The number of carbonyl (C=O) groups is 2. The van der Waals surface area contributed by atoms with E-state index in [9.17, 15) is 9.59 Å². The zero-order valence-electron chi connectivity index (χ0n) is 10.9. The molecule has 0 bridgehead atoms. The normalized spacial score (nSPS) is 18.4. The molecule has 1 fully saturated rings. The van der Waals surface area contributed by atoms with Crippen molar-refractivity contribution < 1.29 is 24.2 Å². The van der Waals surface area contributed by atoms with Gasteiger partial charge in [0.05, 0.1) is 17.7 Å². The van der Waals surface area contributed by atoms with Gasteiger partial charge in [-0.1, -0.05) is 11.6 Å². The molecule has 1 atom stereocenters. The maximum atomic E-state index is 12.1. The molecule has 1 aliphatic rings. The minimum Gasteiger partial charge on any atom is -0.483 e. The number of hydrogen-bond donors (Lipinski definition) is 1. The van der Waals surface area contributed by atoms with Gasteiger partial charge < -0.3 is 19.5 Å². The Morgan fingerprint density at radius 3 is 2.95 bits per heavy atom. The standard InChI is InChI=1S/C13H13BrClNO5/c14-9-5-8(15)1-2-11(9)21-7-12(17)16-3-4-20-6-10(16)13(18)19/h1-2,5,10H,3-4,6-7H2,(H,18,19). The van der Waals surface area contributed by atoms with Gasteiger partial charge in [0.1, 0.15) is 5.75 Å². The van der Waals surface area contributed by atoms with Gasteiger partial charge in [0.15, 0.2) is 12.6 Å². The fourth-order valence-electron chi connectivity index (χ4n) is 1.92. The van der Waals surface area contributed by atoms with E-state index in [2.05, 4.69) is 15.9 Å². The molecule has 0 spiro atoms. The molecule has 1 aromatic rings. The van der Waals surface area contributed by atoms with E-state index in [1.54, 1.807) is 18.2 Å². The SMILES string of the molecule is O=C(O)C1COCCN1C(=O)COc1ccc(Cl)cc1Br. The number of amides is 1. The third kappa shape index (κ3) is 4.09. The van der Waals surface area contributed by atoms with Crippen molar-refractivity contribution in [2.75, 3.05) is 26.4 Å². The van der Waals surface area contributed by atoms with Gasteiger partial charge in [-0.05, 0) is 34.1 Å². The van der Waals surface area contributed by atoms with E-state index in [0.717, 1.165) is 0 Å². The molecule has 0 aliphatic carbocycles. The van der Waals surface area contributed by atoms with Crippen molar-refractivity contribution in [3.63, 3.8) is 0 Å². The van der Waals surface area contributed by atoms with E-state index in [4.69, 9.17) is 26.2 Å². The Morgan fingerprint density at radius 2 is 2.29 bits per heavy atom. The number of benzene rings is 1. The highest BCUT2D eigenvalue weighted by Gasteiger charge is 2.32. The van der Waals surface area contributed by atoms with Crippen LogP contribution in [0.2, 0.25) is 5.02 Å². The number of hydrogen-bond acceptors (Lipinski definition) is 4. The number of morpholine rings is 1. The van der Waals surface area contributed by atoms with Crippen molar-refractivity contribution in [2.24, 2.45) is 0 Å². The van der Waals surface area contributed by atoms with E-state index < -0.39 is 17.9 Å². The first-order chi connectivity index (χ1) is 9.99. The smallest absolute Gasteiger partial charge is 0.328 e. The summed E-state index contributed by atoms with van der Waals surface area (Å²) < 4.78 is 11.1. The molecule has 114 valence electrons. The quantitative estimate of drug-likeness (QED) is 0.864. The molecule has 8 heteroatoms. The largest absolute Gasteiger partial charge is 0.483 e. The molecule has 1 unspecified atom stereocenters. The van der Waals surface area contributed by atoms with Crippen molar-refractivity contribution in [2.45, 2.75) is 6.04 Å². The Bertz CT molecular complexity index is 553. The summed E-state index contributed by atoms with van der Waals surface area (Å²) in [6.07, 6.45) is 0. The predicted octanol–water partition coefficient (Wildman–Crippen LogP) is 1.79. The van der Waals surface area contributed by atoms with E-state index in [1.807, 2.05) is 0 Å². The second-order valence-corrected chi connectivity index (χ2v) is 5.67. The number of aliphatic carboxylic acids is 1. The lowest BCUT2D eigenvalue weighted by molar-refractivity contribution is -0.159. The molecular formula is C13H13BrClNO5. The monoisotopic (exact) mass is 377 g/mol. The zero-order chi connectivity index (χ0) is 15.4. The summed E-state index contributed by atoms with van der Waals surface area (Å²) in [5, 5.41) is 9.62. The third-order valence-electron chi connectivity index (χ3n) is 2.98. The summed E-state index contributed by atoms with van der Waals surface area (Å²) in [6, 6.07) is 3.95. The molecule has 0 radical (unpaired) electrons. The van der Waals surface area contributed by atoms with E-state index in [-0.39, 0.29) is 19.8 Å². The lowest BCUT2D eigenvalue weighted by Crippen LogP contribution is -2.53. The van der Waals surface area contributed by atoms with Crippen molar-refractivity contribution in [3.8, 4) is 5.75 Å². The number of halogens is 2. The second-order valence-electron chi connectivity index (χ2n) is 4.38. The molecule has 1 heterocycles. The van der Waals surface area contributed by atoms with Crippen LogP contribution in [0.5, 0.6) is 5.75 Å². The summed E-state index contributed by atoms with van der Waals surface area (Å²) in [6.45, 7) is 0.302. The highest BCUT2D eigenvalue weighted by Crippen LogP contribution is 2.28. The Hall–Kier alpha value is -1.31. The second kappa shape index (κ2) is 7.11. The molecule has 1 saturated heterocycles. The molecule has 0 aromatic heterocycles. The molecule has 2 rings (SSSR count). The topological polar surface area (TPSA) is 76.1 Å². The molecule has 21 heavy (non-hydrogen) atoms. The summed E-state index contributed by atoms with van der Waals surface area (Å²) in [4.78, 5) is 24.5. The van der Waals surface area contributed by atoms with Crippen LogP contribution in [-0.2, 0) is 14.3 Å². The summed E-state index contributed by atoms with van der Waals surface area (Å²) in [5.74, 6) is -1.02. The molecule has 1 amide bonds. The van der Waals surface area contributed by atoms with Crippen LogP contribution in [-0.4, -0.2) is 54.3 Å². The fraction of sp³-hybridized carbons (Fsp3) is 0.385. The Morgan fingerprint density at radius 1 is 1.52 bits per heavy atom. The minimum absolute atomic E-state index is 0.00822. The molecule has 0 saturated carbocycles. The van der Waals surface area contributed by atoms with Crippen LogP contribution in [0.15, 0.2) is 22.7 Å². The minimum atomic E-state index is -1.09. The number of carboxylic acid groups (broad SMARTS) is 1. The van der Waals surface area contributed by atoms with Crippen molar-refractivity contribution in [3.05, 3.63) is 27.7 Å². The van der Waals surface area contributed by atoms with Gasteiger partial charge in [-0.25, -0.2) is 4.79 Å². The number of nitrogens with zero attached hydrogens (tertiary/aromatic N) is 1. The highest BCUT2D eigenvalue weighted by molar-refractivity contribution is 9.10. The highest BCUT2D eigenvalue weighted by atomic mass is 79.9. The summed E-state index contributed by atoms with van der Waals surface area (Å²) >= 11 is 9.10. The number of carboxylic acids is 1.